The van der Waals surface area contributed by atoms with E-state index in [1.807, 2.05) is 6.07 Å². The van der Waals surface area contributed by atoms with Gasteiger partial charge in [-0.15, -0.1) is 0 Å². The molecule has 106 valence electrons. The van der Waals surface area contributed by atoms with E-state index in [0.29, 0.717) is 22.1 Å². The second-order valence-corrected chi connectivity index (χ2v) is 4.55. The molecule has 0 aromatic heterocycles. The molecular formula is C15H15ClFNO2. The molecule has 0 aliphatic heterocycles. The maximum Gasteiger partial charge on any atom is 0.149 e. The highest BCUT2D eigenvalue weighted by Gasteiger charge is 2.16. The van der Waals surface area contributed by atoms with Gasteiger partial charge in [0.2, 0.25) is 0 Å². The first-order valence-corrected chi connectivity index (χ1v) is 6.39. The van der Waals surface area contributed by atoms with Crippen LogP contribution in [-0.2, 0) is 6.54 Å². The molecule has 2 N–H and O–H groups in total. The fourth-order valence-electron chi connectivity index (χ4n) is 2.10. The van der Waals surface area contributed by atoms with Gasteiger partial charge in [0.05, 0.1) is 14.2 Å². The molecule has 0 aliphatic carbocycles. The van der Waals surface area contributed by atoms with E-state index in [9.17, 15) is 4.39 Å². The van der Waals surface area contributed by atoms with E-state index in [2.05, 4.69) is 0 Å². The molecule has 2 aromatic carbocycles. The van der Waals surface area contributed by atoms with Crippen molar-refractivity contribution in [3.63, 3.8) is 0 Å². The molecule has 0 saturated carbocycles. The number of rotatable bonds is 4. The van der Waals surface area contributed by atoms with Crippen LogP contribution in [0.3, 0.4) is 0 Å². The highest BCUT2D eigenvalue weighted by atomic mass is 35.5. The van der Waals surface area contributed by atoms with Gasteiger partial charge in [0, 0.05) is 12.1 Å². The second kappa shape index (κ2) is 6.11. The lowest BCUT2D eigenvalue weighted by Crippen LogP contribution is -2.01. The lowest BCUT2D eigenvalue weighted by Gasteiger charge is -2.15. The third-order valence-electron chi connectivity index (χ3n) is 3.06. The van der Waals surface area contributed by atoms with Gasteiger partial charge in [-0.25, -0.2) is 4.39 Å². The summed E-state index contributed by atoms with van der Waals surface area (Å²) in [6.07, 6.45) is 0. The number of halogens is 2. The van der Waals surface area contributed by atoms with Gasteiger partial charge in [0.1, 0.15) is 22.3 Å². The Bertz CT molecular complexity index is 632. The fourth-order valence-corrected chi connectivity index (χ4v) is 2.42. The molecule has 0 radical (unpaired) electrons. The average molecular weight is 296 g/mol. The van der Waals surface area contributed by atoms with Gasteiger partial charge >= 0.3 is 0 Å². The molecule has 20 heavy (non-hydrogen) atoms. The van der Waals surface area contributed by atoms with Gasteiger partial charge in [-0.2, -0.15) is 0 Å². The van der Waals surface area contributed by atoms with Crippen molar-refractivity contribution >= 4 is 11.6 Å². The first kappa shape index (κ1) is 14.6. The van der Waals surface area contributed by atoms with Crippen LogP contribution < -0.4 is 15.2 Å². The van der Waals surface area contributed by atoms with E-state index in [0.717, 1.165) is 11.1 Å². The van der Waals surface area contributed by atoms with E-state index in [1.165, 1.54) is 26.4 Å². The maximum absolute atomic E-state index is 13.3. The Hall–Kier alpha value is -1.78. The van der Waals surface area contributed by atoms with Gasteiger partial charge in [-0.3, -0.25) is 0 Å². The predicted octanol–water partition coefficient (Wildman–Crippen LogP) is 3.62. The van der Waals surface area contributed by atoms with Crippen LogP contribution in [0.4, 0.5) is 4.39 Å². The van der Waals surface area contributed by atoms with E-state index in [-0.39, 0.29) is 12.4 Å². The number of ether oxygens (including phenoxy) is 2. The molecule has 3 nitrogen and oxygen atoms in total. The Morgan fingerprint density at radius 2 is 1.80 bits per heavy atom. The first-order chi connectivity index (χ1) is 9.62. The van der Waals surface area contributed by atoms with Crippen molar-refractivity contribution in [2.24, 2.45) is 5.73 Å². The lowest BCUT2D eigenvalue weighted by molar-refractivity contribution is 0.396. The summed E-state index contributed by atoms with van der Waals surface area (Å²) in [6.45, 7) is 0.222. The summed E-state index contributed by atoms with van der Waals surface area (Å²) in [5.41, 5.74) is 7.90. The summed E-state index contributed by atoms with van der Waals surface area (Å²) >= 11 is 6.24. The molecule has 0 unspecified atom stereocenters. The van der Waals surface area contributed by atoms with E-state index >= 15 is 0 Å². The van der Waals surface area contributed by atoms with Crippen molar-refractivity contribution < 1.29 is 13.9 Å². The van der Waals surface area contributed by atoms with Crippen LogP contribution in [-0.4, -0.2) is 14.2 Å². The molecule has 0 bridgehead atoms. The smallest absolute Gasteiger partial charge is 0.149 e. The van der Waals surface area contributed by atoms with Gasteiger partial charge in [-0.05, 0) is 35.4 Å². The summed E-state index contributed by atoms with van der Waals surface area (Å²) in [6, 6.07) is 8.01. The van der Waals surface area contributed by atoms with Crippen LogP contribution in [0.15, 0.2) is 30.3 Å². The zero-order valence-electron chi connectivity index (χ0n) is 11.2. The first-order valence-electron chi connectivity index (χ1n) is 6.01. The maximum atomic E-state index is 13.3. The summed E-state index contributed by atoms with van der Waals surface area (Å²) in [5.74, 6) is 0.670. The van der Waals surface area contributed by atoms with Crippen molar-refractivity contribution in [3.05, 3.63) is 46.7 Å². The highest BCUT2D eigenvalue weighted by Crippen LogP contribution is 2.42. The van der Waals surface area contributed by atoms with Crippen LogP contribution in [0, 0.1) is 5.82 Å². The van der Waals surface area contributed by atoms with Gasteiger partial charge in [0.25, 0.3) is 0 Å². The third-order valence-corrected chi connectivity index (χ3v) is 3.42. The molecule has 0 amide bonds. The minimum atomic E-state index is -0.326. The molecule has 0 spiro atoms. The van der Waals surface area contributed by atoms with Crippen LogP contribution in [0.1, 0.15) is 5.56 Å². The minimum absolute atomic E-state index is 0.222. The predicted molar refractivity (Wildman–Crippen MR) is 77.8 cm³/mol. The van der Waals surface area contributed by atoms with Crippen LogP contribution in [0.5, 0.6) is 11.5 Å². The average Bonchev–Trinajstić information content (AvgIpc) is 2.46. The molecule has 0 saturated heterocycles. The quantitative estimate of drug-likeness (QED) is 0.937. The minimum Gasteiger partial charge on any atom is -0.495 e. The Balaban J connectivity index is 2.67. The lowest BCUT2D eigenvalue weighted by atomic mass is 9.98. The molecule has 5 heteroatoms. The monoisotopic (exact) mass is 295 g/mol. The van der Waals surface area contributed by atoms with Crippen molar-refractivity contribution in [3.8, 4) is 22.6 Å². The number of hydrogen-bond donors (Lipinski definition) is 1. The molecule has 2 aromatic rings. The summed E-state index contributed by atoms with van der Waals surface area (Å²) in [4.78, 5) is 0. The standard InChI is InChI=1S/C15H15ClFNO2/c1-19-13-6-5-12(15(20-2)14(13)16)11-4-3-10(17)7-9(11)8-18/h3-7H,8,18H2,1-2H3. The molecule has 0 fully saturated rings. The van der Waals surface area contributed by atoms with Crippen LogP contribution >= 0.6 is 11.6 Å². The molecule has 2 rings (SSSR count). The van der Waals surface area contributed by atoms with Crippen molar-refractivity contribution in [2.75, 3.05) is 14.2 Å². The largest absolute Gasteiger partial charge is 0.495 e. The van der Waals surface area contributed by atoms with Crippen molar-refractivity contribution in [1.29, 1.82) is 0 Å². The Morgan fingerprint density at radius 3 is 2.40 bits per heavy atom. The topological polar surface area (TPSA) is 44.5 Å². The molecule has 0 heterocycles. The van der Waals surface area contributed by atoms with Crippen LogP contribution in [0.25, 0.3) is 11.1 Å². The molecular weight excluding hydrogens is 281 g/mol. The van der Waals surface area contributed by atoms with E-state index in [4.69, 9.17) is 26.8 Å². The summed E-state index contributed by atoms with van der Waals surface area (Å²) in [5, 5.41) is 0.375. The van der Waals surface area contributed by atoms with Crippen LogP contribution in [0.2, 0.25) is 5.02 Å². The van der Waals surface area contributed by atoms with Crippen molar-refractivity contribution in [1.82, 2.24) is 0 Å². The van der Waals surface area contributed by atoms with E-state index in [1.54, 1.807) is 12.1 Å². The second-order valence-electron chi connectivity index (χ2n) is 4.17. The van der Waals surface area contributed by atoms with E-state index < -0.39 is 0 Å². The SMILES string of the molecule is COc1ccc(-c2ccc(F)cc2CN)c(OC)c1Cl. The van der Waals surface area contributed by atoms with Gasteiger partial charge < -0.3 is 15.2 Å². The normalized spacial score (nSPS) is 10.4. The number of methoxy groups -OCH3 is 2. The van der Waals surface area contributed by atoms with Gasteiger partial charge in [-0.1, -0.05) is 17.7 Å². The Morgan fingerprint density at radius 1 is 1.10 bits per heavy atom. The highest BCUT2D eigenvalue weighted by molar-refractivity contribution is 6.34. The third kappa shape index (κ3) is 2.57. The number of benzene rings is 2. The Labute approximate surface area is 122 Å². The fraction of sp³-hybridized carbons (Fsp3) is 0.200. The zero-order valence-corrected chi connectivity index (χ0v) is 12.0. The number of nitrogens with two attached hydrogens (primary N) is 1. The van der Waals surface area contributed by atoms with Gasteiger partial charge in [0.15, 0.2) is 0 Å². The zero-order chi connectivity index (χ0) is 14.7. The molecule has 0 atom stereocenters. The number of hydrogen-bond acceptors (Lipinski definition) is 3. The Kier molecular flexibility index (Phi) is 4.47. The summed E-state index contributed by atoms with van der Waals surface area (Å²) in [7, 11) is 3.05. The van der Waals surface area contributed by atoms with Crippen molar-refractivity contribution in [2.45, 2.75) is 6.54 Å². The molecule has 0 aliphatic rings. The summed E-state index contributed by atoms with van der Waals surface area (Å²) < 4.78 is 23.8.